The summed E-state index contributed by atoms with van der Waals surface area (Å²) >= 11 is 0. The Morgan fingerprint density at radius 1 is 1.35 bits per heavy atom. The number of aliphatic hydroxyl groups excluding tert-OH is 1. The van der Waals surface area contributed by atoms with E-state index in [1.165, 1.54) is 5.56 Å². The summed E-state index contributed by atoms with van der Waals surface area (Å²) in [5, 5.41) is 12.3. The van der Waals surface area contributed by atoms with Gasteiger partial charge >= 0.3 is 0 Å². The lowest BCUT2D eigenvalue weighted by molar-refractivity contribution is 0.0585. The van der Waals surface area contributed by atoms with E-state index in [-0.39, 0.29) is 6.61 Å². The van der Waals surface area contributed by atoms with Crippen LogP contribution in [0.2, 0.25) is 0 Å². The summed E-state index contributed by atoms with van der Waals surface area (Å²) in [4.78, 5) is 2.46. The zero-order valence-electron chi connectivity index (χ0n) is 10.5. The fourth-order valence-electron chi connectivity index (χ4n) is 2.59. The number of rotatable bonds is 6. The van der Waals surface area contributed by atoms with Gasteiger partial charge in [-0.3, -0.25) is 4.90 Å². The van der Waals surface area contributed by atoms with E-state index >= 15 is 0 Å². The summed E-state index contributed by atoms with van der Waals surface area (Å²) in [6, 6.07) is 11.1. The highest BCUT2D eigenvalue weighted by molar-refractivity contribution is 5.15. The molecule has 0 saturated carbocycles. The molecule has 1 atom stereocenters. The van der Waals surface area contributed by atoms with E-state index in [2.05, 4.69) is 40.5 Å². The quantitative estimate of drug-likeness (QED) is 0.773. The number of nitrogens with zero attached hydrogens (tertiary/aromatic N) is 1. The Morgan fingerprint density at radius 2 is 2.06 bits per heavy atom. The minimum atomic E-state index is 0.278. The molecule has 1 aromatic rings. The minimum Gasteiger partial charge on any atom is -0.396 e. The number of hydrogen-bond acceptors (Lipinski definition) is 3. The molecule has 0 spiro atoms. The highest BCUT2D eigenvalue weighted by Gasteiger charge is 2.31. The third-order valence-electron chi connectivity index (χ3n) is 3.61. The molecule has 0 bridgehead atoms. The lowest BCUT2D eigenvalue weighted by Gasteiger charge is -2.43. The first-order chi connectivity index (χ1) is 8.33. The van der Waals surface area contributed by atoms with Crippen molar-refractivity contribution in [1.82, 2.24) is 10.2 Å². The van der Waals surface area contributed by atoms with Crippen LogP contribution in [-0.2, 0) is 6.54 Å². The monoisotopic (exact) mass is 234 g/mol. The van der Waals surface area contributed by atoms with Crippen LogP contribution in [0.1, 0.15) is 12.0 Å². The fraction of sp³-hybridized carbons (Fsp3) is 0.571. The highest BCUT2D eigenvalue weighted by Crippen LogP contribution is 2.22. The molecule has 0 aliphatic carbocycles. The second kappa shape index (κ2) is 6.15. The molecule has 94 valence electrons. The summed E-state index contributed by atoms with van der Waals surface area (Å²) in [5.74, 6) is 0.691. The molecule has 1 heterocycles. The molecule has 0 radical (unpaired) electrons. The topological polar surface area (TPSA) is 35.5 Å². The van der Waals surface area contributed by atoms with Crippen molar-refractivity contribution in [2.75, 3.05) is 26.7 Å². The van der Waals surface area contributed by atoms with E-state index in [0.29, 0.717) is 12.0 Å². The fourth-order valence-corrected chi connectivity index (χ4v) is 2.59. The van der Waals surface area contributed by atoms with Crippen LogP contribution in [0.15, 0.2) is 30.3 Å². The van der Waals surface area contributed by atoms with Gasteiger partial charge in [0.25, 0.3) is 0 Å². The molecule has 1 aromatic carbocycles. The third-order valence-corrected chi connectivity index (χ3v) is 3.61. The van der Waals surface area contributed by atoms with Crippen molar-refractivity contribution in [3.05, 3.63) is 35.9 Å². The Kier molecular flexibility index (Phi) is 4.54. The summed E-state index contributed by atoms with van der Waals surface area (Å²) in [5.41, 5.74) is 1.38. The number of hydrogen-bond donors (Lipinski definition) is 2. The normalized spacial score (nSPS) is 18.9. The van der Waals surface area contributed by atoms with E-state index in [0.717, 1.165) is 26.1 Å². The van der Waals surface area contributed by atoms with Crippen LogP contribution in [0.25, 0.3) is 0 Å². The molecule has 2 N–H and O–H groups in total. The molecule has 1 fully saturated rings. The van der Waals surface area contributed by atoms with E-state index in [1.807, 2.05) is 7.05 Å². The average Bonchev–Trinajstić information content (AvgIpc) is 2.32. The van der Waals surface area contributed by atoms with Crippen LogP contribution in [0, 0.1) is 5.92 Å². The van der Waals surface area contributed by atoms with Gasteiger partial charge in [0, 0.05) is 32.3 Å². The largest absolute Gasteiger partial charge is 0.396 e. The second-order valence-corrected chi connectivity index (χ2v) is 4.85. The molecular weight excluding hydrogens is 212 g/mol. The lowest BCUT2D eigenvalue weighted by atomic mass is 9.89. The third kappa shape index (κ3) is 3.28. The van der Waals surface area contributed by atoms with Gasteiger partial charge in [-0.25, -0.2) is 0 Å². The zero-order valence-corrected chi connectivity index (χ0v) is 10.5. The van der Waals surface area contributed by atoms with Crippen molar-refractivity contribution in [2.24, 2.45) is 5.92 Å². The van der Waals surface area contributed by atoms with Gasteiger partial charge in [-0.2, -0.15) is 0 Å². The van der Waals surface area contributed by atoms with Crippen molar-refractivity contribution in [3.8, 4) is 0 Å². The first kappa shape index (κ1) is 12.6. The summed E-state index contributed by atoms with van der Waals surface area (Å²) in [7, 11) is 1.99. The van der Waals surface area contributed by atoms with Gasteiger partial charge < -0.3 is 10.4 Å². The van der Waals surface area contributed by atoms with E-state index < -0.39 is 0 Å². The first-order valence-corrected chi connectivity index (χ1v) is 6.38. The molecule has 1 saturated heterocycles. The maximum Gasteiger partial charge on any atom is 0.0445 e. The predicted molar refractivity (Wildman–Crippen MR) is 69.8 cm³/mol. The number of nitrogens with one attached hydrogen (secondary N) is 1. The van der Waals surface area contributed by atoms with Crippen molar-refractivity contribution < 1.29 is 5.11 Å². The van der Waals surface area contributed by atoms with Crippen LogP contribution in [0.4, 0.5) is 0 Å². The van der Waals surface area contributed by atoms with Crippen LogP contribution in [0.3, 0.4) is 0 Å². The second-order valence-electron chi connectivity index (χ2n) is 4.85. The molecule has 17 heavy (non-hydrogen) atoms. The Labute approximate surface area is 103 Å². The van der Waals surface area contributed by atoms with Gasteiger partial charge in [0.2, 0.25) is 0 Å². The maximum atomic E-state index is 8.98. The van der Waals surface area contributed by atoms with Gasteiger partial charge in [0.1, 0.15) is 0 Å². The first-order valence-electron chi connectivity index (χ1n) is 6.38. The molecule has 3 heteroatoms. The molecule has 0 amide bonds. The average molecular weight is 234 g/mol. The van der Waals surface area contributed by atoms with E-state index in [4.69, 9.17) is 5.11 Å². The predicted octanol–water partition coefficient (Wildman–Crippen LogP) is 1.09. The van der Waals surface area contributed by atoms with Gasteiger partial charge in [0.15, 0.2) is 0 Å². The van der Waals surface area contributed by atoms with Crippen LogP contribution < -0.4 is 5.32 Å². The Hall–Kier alpha value is -0.900. The summed E-state index contributed by atoms with van der Waals surface area (Å²) in [6.07, 6.45) is 0.861. The van der Waals surface area contributed by atoms with Crippen LogP contribution >= 0.6 is 0 Å². The Balaban J connectivity index is 1.75. The smallest absolute Gasteiger partial charge is 0.0445 e. The minimum absolute atomic E-state index is 0.278. The lowest BCUT2D eigenvalue weighted by Crippen LogP contribution is -2.54. The molecule has 0 aromatic heterocycles. The van der Waals surface area contributed by atoms with Crippen LogP contribution in [-0.4, -0.2) is 42.8 Å². The number of likely N-dealkylation sites (tertiary alicyclic amines) is 1. The van der Waals surface area contributed by atoms with Crippen LogP contribution in [0.5, 0.6) is 0 Å². The van der Waals surface area contributed by atoms with Crippen molar-refractivity contribution in [1.29, 1.82) is 0 Å². The van der Waals surface area contributed by atoms with E-state index in [1.54, 1.807) is 0 Å². The molecule has 2 rings (SSSR count). The van der Waals surface area contributed by atoms with Gasteiger partial charge in [0.05, 0.1) is 0 Å². The van der Waals surface area contributed by atoms with E-state index in [9.17, 15) is 0 Å². The summed E-state index contributed by atoms with van der Waals surface area (Å²) < 4.78 is 0. The molecule has 1 aliphatic rings. The molecule has 1 aliphatic heterocycles. The van der Waals surface area contributed by atoms with Crippen molar-refractivity contribution in [3.63, 3.8) is 0 Å². The number of benzene rings is 1. The molecule has 3 nitrogen and oxygen atoms in total. The standard InChI is InChI=1S/C14H22N2O/c1-15-14(7-8-17)13-10-16(11-13)9-12-5-3-2-4-6-12/h2-6,13-15,17H,7-11H2,1H3. The molecular formula is C14H22N2O. The van der Waals surface area contributed by atoms with Crippen molar-refractivity contribution in [2.45, 2.75) is 19.0 Å². The van der Waals surface area contributed by atoms with Gasteiger partial charge in [-0.15, -0.1) is 0 Å². The SMILES string of the molecule is CNC(CCO)C1CN(Cc2ccccc2)C1. The zero-order chi connectivity index (χ0) is 12.1. The van der Waals surface area contributed by atoms with Crippen molar-refractivity contribution >= 4 is 0 Å². The Bertz CT molecular complexity index is 322. The molecule has 1 unspecified atom stereocenters. The number of aliphatic hydroxyl groups is 1. The Morgan fingerprint density at radius 3 is 2.65 bits per heavy atom. The van der Waals surface area contributed by atoms with Gasteiger partial charge in [-0.05, 0) is 24.9 Å². The van der Waals surface area contributed by atoms with Gasteiger partial charge in [-0.1, -0.05) is 30.3 Å². The highest BCUT2D eigenvalue weighted by atomic mass is 16.3. The summed E-state index contributed by atoms with van der Waals surface area (Å²) in [6.45, 7) is 3.61. The maximum absolute atomic E-state index is 8.98.